The van der Waals surface area contributed by atoms with Crippen LogP contribution in [0.4, 0.5) is 0 Å². The minimum absolute atomic E-state index is 0.119. The van der Waals surface area contributed by atoms with Crippen molar-refractivity contribution >= 4 is 5.70 Å². The van der Waals surface area contributed by atoms with Crippen molar-refractivity contribution in [2.75, 3.05) is 20.3 Å². The van der Waals surface area contributed by atoms with Gasteiger partial charge in [0.2, 0.25) is 0 Å². The highest BCUT2D eigenvalue weighted by molar-refractivity contribution is 5.71. The molecule has 0 atom stereocenters. The highest BCUT2D eigenvalue weighted by Crippen LogP contribution is 2.28. The zero-order valence-electron chi connectivity index (χ0n) is 17.5. The normalized spacial score (nSPS) is 12.1. The van der Waals surface area contributed by atoms with Crippen LogP contribution in [0.2, 0.25) is 0 Å². The van der Waals surface area contributed by atoms with Crippen molar-refractivity contribution in [2.45, 2.75) is 20.3 Å². The lowest BCUT2D eigenvalue weighted by atomic mass is 10.1. The Morgan fingerprint density at radius 2 is 2.03 bits per heavy atom. The van der Waals surface area contributed by atoms with Gasteiger partial charge in [-0.1, -0.05) is 48.2 Å². The van der Waals surface area contributed by atoms with Gasteiger partial charge in [-0.2, -0.15) is 10.1 Å². The van der Waals surface area contributed by atoms with Crippen LogP contribution in [-0.4, -0.2) is 45.4 Å². The third kappa shape index (κ3) is 5.00. The molecular formula is C23H26N4O3. The Balaban J connectivity index is 2.00. The lowest BCUT2D eigenvalue weighted by Crippen LogP contribution is -2.00. The van der Waals surface area contributed by atoms with Crippen molar-refractivity contribution in [1.29, 1.82) is 0 Å². The Morgan fingerprint density at radius 3 is 2.63 bits per heavy atom. The Labute approximate surface area is 176 Å². The number of aliphatic hydroxyl groups excluding tert-OH is 1. The largest absolute Gasteiger partial charge is 0.396 e. The Bertz CT molecular complexity index is 1060. The van der Waals surface area contributed by atoms with E-state index in [1.54, 1.807) is 18.7 Å². The molecular weight excluding hydrogens is 380 g/mol. The lowest BCUT2D eigenvalue weighted by Gasteiger charge is -2.08. The summed E-state index contributed by atoms with van der Waals surface area (Å²) in [6.45, 7) is 8.55. The maximum absolute atomic E-state index is 9.15. The second-order valence-corrected chi connectivity index (χ2v) is 6.77. The van der Waals surface area contributed by atoms with Gasteiger partial charge in [0.15, 0.2) is 11.5 Å². The van der Waals surface area contributed by atoms with Crippen LogP contribution in [0, 0.1) is 6.92 Å². The monoisotopic (exact) mass is 406 g/mol. The van der Waals surface area contributed by atoms with Crippen molar-refractivity contribution in [3.05, 3.63) is 72.1 Å². The maximum atomic E-state index is 9.15. The number of benzene rings is 1. The minimum atomic E-state index is 0.119. The average molecular weight is 406 g/mol. The maximum Gasteiger partial charge on any atom is 0.278 e. The van der Waals surface area contributed by atoms with Crippen LogP contribution >= 0.6 is 0 Å². The zero-order valence-corrected chi connectivity index (χ0v) is 17.5. The first-order valence-electron chi connectivity index (χ1n) is 9.68. The third-order valence-electron chi connectivity index (χ3n) is 4.55. The van der Waals surface area contributed by atoms with E-state index in [9.17, 15) is 0 Å². The topological polar surface area (TPSA) is 86.2 Å². The highest BCUT2D eigenvalue weighted by atomic mass is 16.5. The van der Waals surface area contributed by atoms with E-state index in [2.05, 4.69) is 21.8 Å². The second-order valence-electron chi connectivity index (χ2n) is 6.77. The first-order chi connectivity index (χ1) is 14.5. The van der Waals surface area contributed by atoms with E-state index in [1.807, 2.05) is 55.5 Å². The number of aryl methyl sites for hydroxylation is 1. The number of nitrogens with zero attached hydrogens (tertiary/aromatic N) is 4. The fraction of sp³-hybridized carbons (Fsp3) is 0.261. The molecule has 2 aromatic heterocycles. The molecule has 1 aromatic carbocycles. The van der Waals surface area contributed by atoms with Crippen LogP contribution in [0.25, 0.3) is 28.5 Å². The van der Waals surface area contributed by atoms with Crippen molar-refractivity contribution in [3.8, 4) is 22.8 Å². The molecule has 3 aromatic rings. The third-order valence-corrected chi connectivity index (χ3v) is 4.55. The van der Waals surface area contributed by atoms with Gasteiger partial charge in [-0.25, -0.2) is 4.68 Å². The van der Waals surface area contributed by atoms with Gasteiger partial charge in [0.1, 0.15) is 0 Å². The Kier molecular flexibility index (Phi) is 7.11. The van der Waals surface area contributed by atoms with E-state index < -0.39 is 0 Å². The zero-order chi connectivity index (χ0) is 21.5. The smallest absolute Gasteiger partial charge is 0.278 e. The van der Waals surface area contributed by atoms with E-state index in [-0.39, 0.29) is 6.61 Å². The van der Waals surface area contributed by atoms with Crippen molar-refractivity contribution in [1.82, 2.24) is 19.9 Å². The number of hydrogen-bond acceptors (Lipinski definition) is 6. The number of ether oxygens (including phenoxy) is 1. The van der Waals surface area contributed by atoms with E-state index in [0.717, 1.165) is 22.4 Å². The van der Waals surface area contributed by atoms with Crippen LogP contribution in [0.15, 0.2) is 65.2 Å². The van der Waals surface area contributed by atoms with Crippen molar-refractivity contribution in [2.24, 2.45) is 0 Å². The molecule has 0 amide bonds. The number of aliphatic hydroxyl groups is 1. The van der Waals surface area contributed by atoms with Gasteiger partial charge >= 0.3 is 0 Å². The fourth-order valence-corrected chi connectivity index (χ4v) is 2.95. The van der Waals surface area contributed by atoms with E-state index in [0.29, 0.717) is 36.1 Å². The predicted octanol–water partition coefficient (Wildman–Crippen LogP) is 4.06. The molecule has 0 aliphatic heterocycles. The van der Waals surface area contributed by atoms with Gasteiger partial charge in [0.25, 0.3) is 5.89 Å². The molecule has 3 rings (SSSR count). The van der Waals surface area contributed by atoms with Gasteiger partial charge < -0.3 is 14.4 Å². The first-order valence-corrected chi connectivity index (χ1v) is 9.68. The molecule has 0 aliphatic carbocycles. The molecule has 156 valence electrons. The van der Waals surface area contributed by atoms with E-state index in [1.165, 1.54) is 0 Å². The lowest BCUT2D eigenvalue weighted by molar-refractivity contribution is 0.228. The van der Waals surface area contributed by atoms with Crippen molar-refractivity contribution in [3.63, 3.8) is 0 Å². The number of rotatable bonds is 9. The van der Waals surface area contributed by atoms with E-state index >= 15 is 0 Å². The number of hydrogen-bond donors (Lipinski definition) is 1. The molecule has 0 fully saturated rings. The summed E-state index contributed by atoms with van der Waals surface area (Å²) in [6.07, 6.45) is 6.46. The molecule has 1 N–H and O–H groups in total. The predicted molar refractivity (Wildman–Crippen MR) is 117 cm³/mol. The van der Waals surface area contributed by atoms with Crippen LogP contribution in [0.3, 0.4) is 0 Å². The van der Waals surface area contributed by atoms with Crippen LogP contribution < -0.4 is 0 Å². The molecule has 0 radical (unpaired) electrons. The molecule has 30 heavy (non-hydrogen) atoms. The number of aromatic nitrogens is 4. The Hall–Kier alpha value is -3.29. The van der Waals surface area contributed by atoms with Crippen LogP contribution in [0.5, 0.6) is 0 Å². The number of methoxy groups -OCH3 is 1. The molecule has 0 saturated carbocycles. The van der Waals surface area contributed by atoms with Crippen LogP contribution in [-0.2, 0) is 11.2 Å². The average Bonchev–Trinajstić information content (AvgIpc) is 3.38. The molecule has 7 heteroatoms. The van der Waals surface area contributed by atoms with Gasteiger partial charge in [-0.15, -0.1) is 0 Å². The van der Waals surface area contributed by atoms with Gasteiger partial charge in [0, 0.05) is 19.3 Å². The molecule has 7 nitrogen and oxygen atoms in total. The highest BCUT2D eigenvalue weighted by Gasteiger charge is 2.17. The summed E-state index contributed by atoms with van der Waals surface area (Å²) in [6, 6.07) is 9.89. The summed E-state index contributed by atoms with van der Waals surface area (Å²) >= 11 is 0. The molecule has 0 saturated heterocycles. The van der Waals surface area contributed by atoms with Crippen LogP contribution in [0.1, 0.15) is 18.3 Å². The van der Waals surface area contributed by atoms with Crippen molar-refractivity contribution < 1.29 is 14.4 Å². The number of allylic oxidation sites excluding steroid dienone is 3. The quantitative estimate of drug-likeness (QED) is 0.539. The van der Waals surface area contributed by atoms with Gasteiger partial charge in [-0.05, 0) is 43.5 Å². The second kappa shape index (κ2) is 9.96. The SMILES string of the molecule is C=C(/C=C\C(=C/C)COC)n1nc(-c2nc(C)no2)cc1-c1ccc(CCO)cc1. The van der Waals surface area contributed by atoms with Gasteiger partial charge in [0.05, 0.1) is 18.0 Å². The van der Waals surface area contributed by atoms with Gasteiger partial charge in [-0.3, -0.25) is 0 Å². The first kappa shape index (κ1) is 21.4. The summed E-state index contributed by atoms with van der Waals surface area (Å²) in [4.78, 5) is 4.28. The Morgan fingerprint density at radius 1 is 1.27 bits per heavy atom. The minimum Gasteiger partial charge on any atom is -0.396 e. The molecule has 0 spiro atoms. The standard InChI is InChI=1S/C23H26N4O3/c1-5-18(15-29-4)7-6-16(2)27-22(20-10-8-19(9-11-20)12-13-28)14-21(25-27)23-24-17(3)26-30-23/h5-11,14,28H,2,12-13,15H2,1,3-4H3/b7-6-,18-5+. The van der Waals surface area contributed by atoms with E-state index in [4.69, 9.17) is 14.4 Å². The summed E-state index contributed by atoms with van der Waals surface area (Å²) in [5.41, 5.74) is 5.17. The summed E-state index contributed by atoms with van der Waals surface area (Å²) in [5, 5.41) is 17.7. The summed E-state index contributed by atoms with van der Waals surface area (Å²) < 4.78 is 12.3. The molecule has 2 heterocycles. The summed E-state index contributed by atoms with van der Waals surface area (Å²) in [5.74, 6) is 0.903. The molecule has 0 bridgehead atoms. The fourth-order valence-electron chi connectivity index (χ4n) is 2.95. The molecule has 0 aliphatic rings. The summed E-state index contributed by atoms with van der Waals surface area (Å²) in [7, 11) is 1.66. The molecule has 0 unspecified atom stereocenters.